The molecule has 2 heterocycles. The molecule has 0 spiro atoms. The van der Waals surface area contributed by atoms with Gasteiger partial charge in [0.15, 0.2) is 0 Å². The van der Waals surface area contributed by atoms with Gasteiger partial charge in [-0.2, -0.15) is 0 Å². The van der Waals surface area contributed by atoms with Crippen LogP contribution < -0.4 is 4.74 Å². The Morgan fingerprint density at radius 1 is 0.900 bits per heavy atom. The molecule has 5 aromatic rings. The molecule has 0 bridgehead atoms. The molecule has 0 amide bonds. The Hall–Kier alpha value is -3.95. The van der Waals surface area contributed by atoms with Gasteiger partial charge in [-0.05, 0) is 28.8 Å². The summed E-state index contributed by atoms with van der Waals surface area (Å²) in [5.41, 5.74) is 4.03. The molecule has 1 aliphatic heterocycles. The van der Waals surface area contributed by atoms with E-state index < -0.39 is 5.60 Å². The van der Waals surface area contributed by atoms with Gasteiger partial charge in [0.05, 0.1) is 0 Å². The van der Waals surface area contributed by atoms with Crippen molar-refractivity contribution in [2.45, 2.75) is 37.3 Å². The molecule has 0 unspecified atom stereocenters. The van der Waals surface area contributed by atoms with Gasteiger partial charge in [0, 0.05) is 50.1 Å². The molecule has 0 saturated heterocycles. The van der Waals surface area contributed by atoms with Gasteiger partial charge in [0.25, 0.3) is 0 Å². The third-order valence-corrected chi connectivity index (χ3v) is 8.21. The number of benzene rings is 4. The van der Waals surface area contributed by atoms with E-state index in [0.29, 0.717) is 23.0 Å². The normalized spacial score (nSPS) is 19.2. The number of para-hydroxylation sites is 1. The Labute approximate surface area is 247 Å². The minimum absolute atomic E-state index is 0. The first-order valence-corrected chi connectivity index (χ1v) is 13.1. The molecular weight excluding hydrogens is 679 g/mol. The van der Waals surface area contributed by atoms with Gasteiger partial charge in [0.1, 0.15) is 28.8 Å². The molecule has 2 atom stereocenters. The fourth-order valence-electron chi connectivity index (χ4n) is 6.00. The Bertz CT molecular complexity index is 1750. The van der Waals surface area contributed by atoms with Crippen molar-refractivity contribution >= 4 is 16.8 Å². The first-order chi connectivity index (χ1) is 18.9. The molecule has 40 heavy (non-hydrogen) atoms. The fraction of sp³-hybridized carbons (Fsp3) is 0.176. The Morgan fingerprint density at radius 3 is 2.52 bits per heavy atom. The maximum Gasteiger partial charge on any atom is 0.217 e. The summed E-state index contributed by atoms with van der Waals surface area (Å²) in [4.78, 5) is 9.68. The van der Waals surface area contributed by atoms with Crippen molar-refractivity contribution < 1.29 is 35.6 Å². The number of ether oxygens (including phenoxy) is 2. The molecule has 6 heteroatoms. The number of phenols is 1. The summed E-state index contributed by atoms with van der Waals surface area (Å²) in [5, 5.41) is 11.1. The third-order valence-electron chi connectivity index (χ3n) is 8.21. The standard InChI is InChI=1S/C34H27N2O3.Pt/c1-33(2,25-13-4-3-5-14-25)34-21-24-10-6-7-16-27(24)31(34)36-32(39-34)23-12-8-15-26(20-23)38-29-19-18-22-11-9-17-28(37)30(22)35-29;/h3-19,31,37H,21H2,1-2H3;/q-1;/t31-,34+;/m0./s1. The van der Waals surface area contributed by atoms with E-state index in [2.05, 4.69) is 73.4 Å². The van der Waals surface area contributed by atoms with Crippen LogP contribution in [0.2, 0.25) is 0 Å². The molecule has 4 aromatic carbocycles. The summed E-state index contributed by atoms with van der Waals surface area (Å²) >= 11 is 0. The second-order valence-corrected chi connectivity index (χ2v) is 10.7. The summed E-state index contributed by atoms with van der Waals surface area (Å²) in [5.74, 6) is 1.55. The number of aromatic hydroxyl groups is 1. The molecule has 0 saturated carbocycles. The van der Waals surface area contributed by atoms with Gasteiger partial charge in [0.2, 0.25) is 5.88 Å². The Balaban J connectivity index is 0.00000289. The van der Waals surface area contributed by atoms with E-state index in [1.807, 2.05) is 36.4 Å². The number of aliphatic imine (C=N–C) groups is 1. The number of aromatic nitrogens is 1. The van der Waals surface area contributed by atoms with Crippen LogP contribution in [0.1, 0.15) is 42.1 Å². The second-order valence-electron chi connectivity index (χ2n) is 10.7. The topological polar surface area (TPSA) is 63.9 Å². The van der Waals surface area contributed by atoms with Crippen molar-refractivity contribution in [2.24, 2.45) is 4.99 Å². The van der Waals surface area contributed by atoms with Crippen LogP contribution in [-0.2, 0) is 37.6 Å². The van der Waals surface area contributed by atoms with Gasteiger partial charge in [-0.15, -0.1) is 18.2 Å². The third kappa shape index (κ3) is 4.12. The van der Waals surface area contributed by atoms with Gasteiger partial charge >= 0.3 is 0 Å². The SMILES string of the molecule is CC(C)(c1ccccc1)[C@@]12Cc3ccccc3[C@@H]1N=C(c1[c-]c(Oc3ccc4cccc(O)c4n3)ccc1)O2.[Pt]. The smallest absolute Gasteiger partial charge is 0.217 e. The zero-order chi connectivity index (χ0) is 26.6. The number of nitrogens with zero attached hydrogens (tertiary/aromatic N) is 2. The summed E-state index contributed by atoms with van der Waals surface area (Å²) in [6.45, 7) is 4.51. The van der Waals surface area contributed by atoms with E-state index in [9.17, 15) is 5.11 Å². The first-order valence-electron chi connectivity index (χ1n) is 13.1. The van der Waals surface area contributed by atoms with Crippen LogP contribution in [0.5, 0.6) is 17.4 Å². The minimum Gasteiger partial charge on any atom is -0.510 e. The molecule has 7 rings (SSSR count). The average Bonchev–Trinajstić information content (AvgIpc) is 3.50. The van der Waals surface area contributed by atoms with Crippen molar-refractivity contribution in [3.05, 3.63) is 131 Å². The zero-order valence-electron chi connectivity index (χ0n) is 22.1. The maximum absolute atomic E-state index is 10.2. The van der Waals surface area contributed by atoms with Gasteiger partial charge in [-0.1, -0.05) is 92.2 Å². The molecule has 0 fully saturated rings. The number of rotatable bonds is 5. The number of hydrogen-bond acceptors (Lipinski definition) is 5. The van der Waals surface area contributed by atoms with Crippen LogP contribution in [0.25, 0.3) is 10.9 Å². The van der Waals surface area contributed by atoms with E-state index in [4.69, 9.17) is 14.5 Å². The number of phenolic OH excluding ortho intramolecular Hbond substituents is 1. The second kappa shape index (κ2) is 9.90. The van der Waals surface area contributed by atoms with Crippen LogP contribution in [0.3, 0.4) is 0 Å². The Morgan fingerprint density at radius 2 is 1.68 bits per heavy atom. The van der Waals surface area contributed by atoms with Crippen molar-refractivity contribution in [3.63, 3.8) is 0 Å². The average molecular weight is 707 g/mol. The van der Waals surface area contributed by atoms with E-state index >= 15 is 0 Å². The molecule has 2 aliphatic rings. The van der Waals surface area contributed by atoms with E-state index in [0.717, 1.165) is 17.4 Å². The molecule has 1 aliphatic carbocycles. The van der Waals surface area contributed by atoms with Crippen LogP contribution >= 0.6 is 0 Å². The maximum atomic E-state index is 10.2. The molecular formula is C34H27N2O3Pt-. The van der Waals surface area contributed by atoms with Crippen molar-refractivity contribution in [3.8, 4) is 17.4 Å². The molecule has 5 nitrogen and oxygen atoms in total. The van der Waals surface area contributed by atoms with Crippen LogP contribution in [0.4, 0.5) is 0 Å². The summed E-state index contributed by atoms with van der Waals surface area (Å²) < 4.78 is 13.0. The molecule has 0 radical (unpaired) electrons. The van der Waals surface area contributed by atoms with Crippen LogP contribution in [0.15, 0.2) is 108 Å². The van der Waals surface area contributed by atoms with E-state index in [1.54, 1.807) is 18.2 Å². The summed E-state index contributed by atoms with van der Waals surface area (Å²) in [7, 11) is 0. The van der Waals surface area contributed by atoms with Crippen molar-refractivity contribution in [1.29, 1.82) is 0 Å². The Kier molecular flexibility index (Phi) is 6.51. The number of fused-ring (bicyclic) bond motifs is 4. The molecule has 1 aromatic heterocycles. The predicted molar refractivity (Wildman–Crippen MR) is 151 cm³/mol. The summed E-state index contributed by atoms with van der Waals surface area (Å²) in [6, 6.07) is 36.9. The van der Waals surface area contributed by atoms with Crippen LogP contribution in [0, 0.1) is 6.07 Å². The number of hydrogen-bond donors (Lipinski definition) is 1. The van der Waals surface area contributed by atoms with E-state index in [1.165, 1.54) is 16.7 Å². The van der Waals surface area contributed by atoms with E-state index in [-0.39, 0.29) is 38.3 Å². The quantitative estimate of drug-likeness (QED) is 0.195. The first kappa shape index (κ1) is 26.3. The van der Waals surface area contributed by atoms with Crippen molar-refractivity contribution in [1.82, 2.24) is 4.98 Å². The molecule has 202 valence electrons. The zero-order valence-corrected chi connectivity index (χ0v) is 24.3. The summed E-state index contributed by atoms with van der Waals surface area (Å²) in [6.07, 6.45) is 0.767. The van der Waals surface area contributed by atoms with Gasteiger partial charge in [-0.25, -0.2) is 4.98 Å². The fourth-order valence-corrected chi connectivity index (χ4v) is 6.00. The predicted octanol–water partition coefficient (Wildman–Crippen LogP) is 7.32. The number of pyridine rings is 1. The largest absolute Gasteiger partial charge is 0.510 e. The molecule has 1 N–H and O–H groups in total. The van der Waals surface area contributed by atoms with Crippen LogP contribution in [-0.4, -0.2) is 21.6 Å². The van der Waals surface area contributed by atoms with Crippen molar-refractivity contribution in [2.75, 3.05) is 0 Å². The monoisotopic (exact) mass is 706 g/mol. The minimum atomic E-state index is -0.574. The van der Waals surface area contributed by atoms with Gasteiger partial charge in [-0.3, -0.25) is 4.99 Å². The van der Waals surface area contributed by atoms with Gasteiger partial charge < -0.3 is 14.6 Å².